The Labute approximate surface area is 171 Å². The molecule has 0 saturated heterocycles. The first-order valence-corrected chi connectivity index (χ1v) is 8.91. The van der Waals surface area contributed by atoms with Gasteiger partial charge < -0.3 is 4.42 Å². The number of nitrogens with one attached hydrogen (secondary N) is 1. The Hall–Kier alpha value is -2.65. The molecule has 2 heterocycles. The van der Waals surface area contributed by atoms with Gasteiger partial charge in [-0.2, -0.15) is 18.4 Å². The Morgan fingerprint density at radius 1 is 1.00 bits per heavy atom. The second kappa shape index (κ2) is 9.23. The number of benzene rings is 2. The van der Waals surface area contributed by atoms with Crippen molar-refractivity contribution < 1.29 is 22.0 Å². The van der Waals surface area contributed by atoms with E-state index in [-0.39, 0.29) is 5.02 Å². The largest absolute Gasteiger partial charge is 0.453 e. The lowest BCUT2D eigenvalue weighted by molar-refractivity contribution is 0.00819. The van der Waals surface area contributed by atoms with Crippen LogP contribution in [0, 0.1) is 5.82 Å². The molecular formula is C18H12Cl2F4N4O. The van der Waals surface area contributed by atoms with Gasteiger partial charge in [0.1, 0.15) is 11.4 Å². The quantitative estimate of drug-likeness (QED) is 0.389. The van der Waals surface area contributed by atoms with Gasteiger partial charge in [-0.15, -0.1) is 10.2 Å². The number of aryl methyl sites for hydroxylation is 2. The Kier molecular flexibility index (Phi) is 6.71. The number of halogens is 6. The predicted octanol–water partition coefficient (Wildman–Crippen LogP) is 6.02. The van der Waals surface area contributed by atoms with E-state index >= 15 is 0 Å². The molecule has 4 aromatic rings. The summed E-state index contributed by atoms with van der Waals surface area (Å²) < 4.78 is 48.0. The number of aromatic amines is 1. The molecule has 152 valence electrons. The fourth-order valence-electron chi connectivity index (χ4n) is 2.64. The summed E-state index contributed by atoms with van der Waals surface area (Å²) in [5.41, 5.74) is 2.56. The van der Waals surface area contributed by atoms with Crippen LogP contribution in [0.3, 0.4) is 0 Å². The van der Waals surface area contributed by atoms with Gasteiger partial charge in [-0.25, -0.2) is 4.39 Å². The topological polar surface area (TPSA) is 67.6 Å². The zero-order valence-corrected chi connectivity index (χ0v) is 16.0. The number of hydrogen-bond donors (Lipinski definition) is 1. The van der Waals surface area contributed by atoms with E-state index in [1.165, 1.54) is 6.07 Å². The molecule has 0 radical (unpaired) electrons. The number of hydrogen-bond acceptors (Lipinski definition) is 4. The fourth-order valence-corrected chi connectivity index (χ4v) is 3.11. The first-order valence-electron chi connectivity index (χ1n) is 8.15. The highest BCUT2D eigenvalue weighted by atomic mass is 35.5. The number of nitrogens with zero attached hydrogens (tertiary/aromatic N) is 3. The van der Waals surface area contributed by atoms with Crippen LogP contribution in [0.5, 0.6) is 0 Å². The predicted molar refractivity (Wildman–Crippen MR) is 100 cm³/mol. The van der Waals surface area contributed by atoms with Crippen LogP contribution >= 0.6 is 23.2 Å². The minimum Gasteiger partial charge on any atom is -0.453 e. The Bertz CT molecular complexity index is 1100. The van der Waals surface area contributed by atoms with Crippen molar-refractivity contribution in [3.05, 3.63) is 63.4 Å². The molecule has 0 amide bonds. The summed E-state index contributed by atoms with van der Waals surface area (Å²) in [6, 6.07) is 10.3. The molecule has 2 aromatic carbocycles. The molecular weight excluding hydrogens is 435 g/mol. The summed E-state index contributed by atoms with van der Waals surface area (Å²) in [6.45, 7) is -3.67. The first-order chi connectivity index (χ1) is 13.8. The van der Waals surface area contributed by atoms with E-state index in [0.29, 0.717) is 35.0 Å². The normalized spacial score (nSPS) is 11.0. The van der Waals surface area contributed by atoms with Crippen LogP contribution in [-0.2, 0) is 12.8 Å². The van der Waals surface area contributed by atoms with Gasteiger partial charge >= 0.3 is 6.68 Å². The molecule has 0 aliphatic carbocycles. The Morgan fingerprint density at radius 3 is 2.41 bits per heavy atom. The van der Waals surface area contributed by atoms with Crippen LogP contribution in [0.25, 0.3) is 22.6 Å². The molecule has 0 saturated carbocycles. The van der Waals surface area contributed by atoms with Crippen molar-refractivity contribution in [1.29, 1.82) is 0 Å². The molecule has 11 heteroatoms. The zero-order valence-electron chi connectivity index (χ0n) is 14.5. The third kappa shape index (κ3) is 5.45. The van der Waals surface area contributed by atoms with Crippen LogP contribution in [0.1, 0.15) is 11.1 Å². The minimum absolute atomic E-state index is 0.120. The Morgan fingerprint density at radius 2 is 1.76 bits per heavy atom. The van der Waals surface area contributed by atoms with Gasteiger partial charge in [0.25, 0.3) is 0 Å². The van der Waals surface area contributed by atoms with Crippen molar-refractivity contribution in [2.45, 2.75) is 19.5 Å². The van der Waals surface area contributed by atoms with Gasteiger partial charge in [-0.05, 0) is 59.5 Å². The lowest BCUT2D eigenvalue weighted by Crippen LogP contribution is -1.93. The maximum absolute atomic E-state index is 13.2. The molecule has 29 heavy (non-hydrogen) atoms. The molecule has 1 N–H and O–H groups in total. The molecule has 5 nitrogen and oxygen atoms in total. The number of H-pyrrole nitrogens is 1. The van der Waals surface area contributed by atoms with Crippen LogP contribution < -0.4 is 0 Å². The van der Waals surface area contributed by atoms with Gasteiger partial charge in [-0.3, -0.25) is 0 Å². The number of fused-ring (bicyclic) bond motifs is 1. The van der Waals surface area contributed by atoms with Crippen LogP contribution in [-0.4, -0.2) is 27.3 Å². The third-order valence-electron chi connectivity index (χ3n) is 3.92. The van der Waals surface area contributed by atoms with E-state index in [4.69, 9.17) is 27.6 Å². The molecule has 0 unspecified atom stereocenters. The molecule has 0 spiro atoms. The number of furan rings is 1. The second-order valence-corrected chi connectivity index (χ2v) is 6.64. The van der Waals surface area contributed by atoms with E-state index < -0.39 is 12.5 Å². The molecule has 0 atom stereocenters. The summed E-state index contributed by atoms with van der Waals surface area (Å²) in [4.78, 5) is 0. The average molecular weight is 447 g/mol. The standard InChI is InChI=1S/C17H11Cl2FN4O.CHF3/c18-12-6-11-8-16(17-21-23-24-22-17)25-15(11)7-10(12)3-1-9-2-4-14(20)13(19)5-9;2-1(3)4/h2,4-8H,1,3H2,(H,21,22,23,24);1H. The summed E-state index contributed by atoms with van der Waals surface area (Å²) in [5, 5.41) is 15.3. The number of alkyl halides is 3. The maximum atomic E-state index is 13.2. The molecule has 2 aromatic heterocycles. The van der Waals surface area contributed by atoms with E-state index in [1.807, 2.05) is 18.2 Å². The fraction of sp³-hybridized carbons (Fsp3) is 0.167. The highest BCUT2D eigenvalue weighted by molar-refractivity contribution is 6.32. The molecule has 0 aliphatic rings. The summed E-state index contributed by atoms with van der Waals surface area (Å²) in [5.74, 6) is 0.478. The maximum Gasteiger partial charge on any atom is 0.379 e. The number of aromatic nitrogens is 4. The highest BCUT2D eigenvalue weighted by Crippen LogP contribution is 2.30. The highest BCUT2D eigenvalue weighted by Gasteiger charge is 2.13. The van der Waals surface area contributed by atoms with Crippen molar-refractivity contribution in [3.8, 4) is 11.6 Å². The molecule has 4 rings (SSSR count). The van der Waals surface area contributed by atoms with E-state index in [0.717, 1.165) is 16.5 Å². The monoisotopic (exact) mass is 446 g/mol. The van der Waals surface area contributed by atoms with E-state index in [9.17, 15) is 17.6 Å². The average Bonchev–Trinajstić information content (AvgIpc) is 3.31. The van der Waals surface area contributed by atoms with Crippen LogP contribution in [0.15, 0.2) is 40.8 Å². The molecule has 0 fully saturated rings. The third-order valence-corrected chi connectivity index (χ3v) is 4.56. The van der Waals surface area contributed by atoms with Crippen LogP contribution in [0.2, 0.25) is 10.0 Å². The number of tetrazole rings is 1. The molecule has 0 aliphatic heterocycles. The number of rotatable bonds is 4. The lowest BCUT2D eigenvalue weighted by Gasteiger charge is -2.06. The first kappa shape index (κ1) is 21.1. The summed E-state index contributed by atoms with van der Waals surface area (Å²) >= 11 is 12.2. The van der Waals surface area contributed by atoms with Gasteiger partial charge in [0, 0.05) is 10.4 Å². The summed E-state index contributed by atoms with van der Waals surface area (Å²) in [6.07, 6.45) is 1.36. The van der Waals surface area contributed by atoms with Gasteiger partial charge in [-0.1, -0.05) is 29.3 Å². The van der Waals surface area contributed by atoms with Crippen molar-refractivity contribution in [1.82, 2.24) is 20.6 Å². The van der Waals surface area contributed by atoms with Crippen molar-refractivity contribution in [3.63, 3.8) is 0 Å². The summed E-state index contributed by atoms with van der Waals surface area (Å²) in [7, 11) is 0. The zero-order chi connectivity index (χ0) is 21.0. The lowest BCUT2D eigenvalue weighted by atomic mass is 10.0. The minimum atomic E-state index is -3.67. The van der Waals surface area contributed by atoms with Crippen LogP contribution in [0.4, 0.5) is 17.6 Å². The van der Waals surface area contributed by atoms with Crippen molar-refractivity contribution in [2.75, 3.05) is 0 Å². The van der Waals surface area contributed by atoms with E-state index in [1.54, 1.807) is 12.1 Å². The smallest absolute Gasteiger partial charge is 0.379 e. The molecule has 0 bridgehead atoms. The van der Waals surface area contributed by atoms with E-state index in [2.05, 4.69) is 20.6 Å². The van der Waals surface area contributed by atoms with Crippen molar-refractivity contribution >= 4 is 34.2 Å². The van der Waals surface area contributed by atoms with Crippen molar-refractivity contribution in [2.24, 2.45) is 0 Å². The van der Waals surface area contributed by atoms with Gasteiger partial charge in [0.05, 0.1) is 5.02 Å². The van der Waals surface area contributed by atoms with Gasteiger partial charge in [0.2, 0.25) is 5.82 Å². The van der Waals surface area contributed by atoms with Gasteiger partial charge in [0.15, 0.2) is 5.76 Å². The SMILES string of the molecule is FC(F)F.Fc1ccc(CCc2cc3oc(-c4nn[nH]n4)cc3cc2Cl)cc1Cl. The Balaban J connectivity index is 0.000000552. The second-order valence-electron chi connectivity index (χ2n) is 5.82.